The zero-order valence-corrected chi connectivity index (χ0v) is 9.87. The third-order valence-corrected chi connectivity index (χ3v) is 3.42. The van der Waals surface area contributed by atoms with Gasteiger partial charge in [-0.05, 0) is 49.1 Å². The minimum Gasteiger partial charge on any atom is -0.309 e. The van der Waals surface area contributed by atoms with E-state index in [1.54, 1.807) is 0 Å². The molecule has 0 amide bonds. The van der Waals surface area contributed by atoms with Crippen molar-refractivity contribution in [3.05, 3.63) is 23.5 Å². The highest BCUT2D eigenvalue weighted by atomic mass is 15.1. The summed E-state index contributed by atoms with van der Waals surface area (Å²) in [4.78, 5) is 0. The lowest BCUT2D eigenvalue weighted by atomic mass is 9.89. The van der Waals surface area contributed by atoms with Crippen molar-refractivity contribution >= 4 is 5.71 Å². The largest absolute Gasteiger partial charge is 0.309 e. The number of hydrogen-bond donors (Lipinski definition) is 1. The van der Waals surface area contributed by atoms with Crippen molar-refractivity contribution < 1.29 is 0 Å². The number of nitrogens with one attached hydrogen (secondary N) is 1. The second-order valence-electron chi connectivity index (χ2n) is 4.73. The average molecular weight is 217 g/mol. The van der Waals surface area contributed by atoms with Crippen LogP contribution in [0.1, 0.15) is 43.7 Å². The highest BCUT2D eigenvalue weighted by Gasteiger charge is 2.14. The van der Waals surface area contributed by atoms with Crippen LogP contribution < -0.4 is 0 Å². The highest BCUT2D eigenvalue weighted by Crippen LogP contribution is 2.19. The Balaban J connectivity index is 2.22. The first-order valence-corrected chi connectivity index (χ1v) is 6.13. The highest BCUT2D eigenvalue weighted by molar-refractivity contribution is 5.83. The van der Waals surface area contributed by atoms with Crippen LogP contribution in [0.2, 0.25) is 0 Å². The maximum absolute atomic E-state index is 8.01. The number of fused-ring (bicyclic) bond motifs is 1. The first-order chi connectivity index (χ1) is 7.77. The molecule has 1 unspecified atom stereocenters. The smallest absolute Gasteiger partial charge is 0.0531 e. The lowest BCUT2D eigenvalue weighted by Crippen LogP contribution is -2.15. The summed E-state index contributed by atoms with van der Waals surface area (Å²) in [7, 11) is 0. The van der Waals surface area contributed by atoms with Crippen molar-refractivity contribution in [2.24, 2.45) is 5.92 Å². The molecule has 0 aromatic carbocycles. The predicted molar refractivity (Wildman–Crippen MR) is 64.8 cm³/mol. The molecule has 1 aliphatic rings. The molecule has 3 heteroatoms. The van der Waals surface area contributed by atoms with Gasteiger partial charge >= 0.3 is 0 Å². The molecular weight excluding hydrogens is 198 g/mol. The summed E-state index contributed by atoms with van der Waals surface area (Å²) >= 11 is 0. The van der Waals surface area contributed by atoms with Crippen molar-refractivity contribution in [3.63, 3.8) is 0 Å². The van der Waals surface area contributed by atoms with Crippen molar-refractivity contribution in [3.8, 4) is 0 Å². The maximum atomic E-state index is 8.01. The Morgan fingerprint density at radius 1 is 1.06 bits per heavy atom. The number of hydrogen-bond acceptors (Lipinski definition) is 3. The van der Waals surface area contributed by atoms with Gasteiger partial charge in [-0.2, -0.15) is 10.2 Å². The quantitative estimate of drug-likeness (QED) is 0.726. The molecule has 0 saturated carbocycles. The van der Waals surface area contributed by atoms with Crippen LogP contribution in [0, 0.1) is 11.3 Å². The van der Waals surface area contributed by atoms with Crippen molar-refractivity contribution in [2.45, 2.75) is 45.4 Å². The van der Waals surface area contributed by atoms with E-state index in [0.29, 0.717) is 5.92 Å². The molecule has 1 aromatic heterocycles. The van der Waals surface area contributed by atoms with Crippen LogP contribution in [0.5, 0.6) is 0 Å². The second kappa shape index (κ2) is 5.19. The molecule has 1 heterocycles. The van der Waals surface area contributed by atoms with Gasteiger partial charge in [-0.25, -0.2) is 0 Å². The third-order valence-electron chi connectivity index (χ3n) is 3.42. The van der Waals surface area contributed by atoms with Crippen LogP contribution in [0.3, 0.4) is 0 Å². The monoisotopic (exact) mass is 217 g/mol. The molecular formula is C13H19N3. The summed E-state index contributed by atoms with van der Waals surface area (Å²) in [5.74, 6) is 0.348. The number of rotatable bonds is 0. The summed E-state index contributed by atoms with van der Waals surface area (Å²) < 4.78 is 0. The maximum Gasteiger partial charge on any atom is 0.0531 e. The minimum absolute atomic E-state index is 0.348. The first kappa shape index (κ1) is 11.2. The van der Waals surface area contributed by atoms with Crippen molar-refractivity contribution in [1.82, 2.24) is 10.2 Å². The Kier molecular flexibility index (Phi) is 3.65. The SMILES string of the molecule is CC1Cc2cnncc2CCCCCC1=N. The molecule has 0 fully saturated rings. The third kappa shape index (κ3) is 2.65. The van der Waals surface area contributed by atoms with E-state index < -0.39 is 0 Å². The molecule has 3 nitrogen and oxygen atoms in total. The number of nitrogens with zero attached hydrogens (tertiary/aromatic N) is 2. The van der Waals surface area contributed by atoms with Gasteiger partial charge in [-0.3, -0.25) is 0 Å². The first-order valence-electron chi connectivity index (χ1n) is 6.13. The topological polar surface area (TPSA) is 49.6 Å². The van der Waals surface area contributed by atoms with E-state index >= 15 is 0 Å². The lowest BCUT2D eigenvalue weighted by molar-refractivity contribution is 0.642. The molecule has 0 bridgehead atoms. The van der Waals surface area contributed by atoms with Gasteiger partial charge in [0.25, 0.3) is 0 Å². The van der Waals surface area contributed by atoms with Gasteiger partial charge in [0.15, 0.2) is 0 Å². The van der Waals surface area contributed by atoms with Crippen molar-refractivity contribution in [2.75, 3.05) is 0 Å². The Bertz CT molecular complexity index is 373. The van der Waals surface area contributed by atoms with E-state index in [1.165, 1.54) is 24.0 Å². The van der Waals surface area contributed by atoms with Crippen molar-refractivity contribution in [1.29, 1.82) is 5.41 Å². The van der Waals surface area contributed by atoms with Gasteiger partial charge in [-0.1, -0.05) is 13.3 Å². The predicted octanol–water partition coefficient (Wildman–Crippen LogP) is 2.79. The number of aryl methyl sites for hydroxylation is 1. The molecule has 0 radical (unpaired) electrons. The summed E-state index contributed by atoms with van der Waals surface area (Å²) in [6, 6.07) is 0. The van der Waals surface area contributed by atoms with E-state index in [0.717, 1.165) is 31.4 Å². The van der Waals surface area contributed by atoms with Crippen LogP contribution >= 0.6 is 0 Å². The van der Waals surface area contributed by atoms with Gasteiger partial charge in [0.05, 0.1) is 12.4 Å². The molecule has 1 atom stereocenters. The van der Waals surface area contributed by atoms with Gasteiger partial charge < -0.3 is 5.41 Å². The molecule has 0 aliphatic heterocycles. The molecule has 16 heavy (non-hydrogen) atoms. The Morgan fingerprint density at radius 3 is 2.56 bits per heavy atom. The van der Waals surface area contributed by atoms with E-state index in [2.05, 4.69) is 17.1 Å². The average Bonchev–Trinajstić information content (AvgIpc) is 2.30. The van der Waals surface area contributed by atoms with Gasteiger partial charge in [0, 0.05) is 5.71 Å². The molecule has 1 aromatic rings. The van der Waals surface area contributed by atoms with E-state index in [1.807, 2.05) is 12.4 Å². The van der Waals surface area contributed by atoms with Crippen LogP contribution in [0.15, 0.2) is 12.4 Å². The lowest BCUT2D eigenvalue weighted by Gasteiger charge is -2.17. The number of aromatic nitrogens is 2. The van der Waals surface area contributed by atoms with E-state index in [-0.39, 0.29) is 0 Å². The molecule has 1 N–H and O–H groups in total. The molecule has 1 aliphatic carbocycles. The summed E-state index contributed by atoms with van der Waals surface area (Å²) in [6.07, 6.45) is 10.4. The normalized spacial score (nSPS) is 22.6. The fraction of sp³-hybridized carbons (Fsp3) is 0.615. The van der Waals surface area contributed by atoms with E-state index in [4.69, 9.17) is 5.41 Å². The van der Waals surface area contributed by atoms with Gasteiger partial charge in [0.2, 0.25) is 0 Å². The molecule has 0 spiro atoms. The summed E-state index contributed by atoms with van der Waals surface area (Å²) in [5, 5.41) is 15.9. The Morgan fingerprint density at radius 2 is 1.75 bits per heavy atom. The standard InChI is InChI=1S/C13H19N3/c1-10-7-12-9-16-15-8-11(12)5-3-2-4-6-13(10)14/h8-10,14H,2-7H2,1H3. The van der Waals surface area contributed by atoms with Crippen LogP contribution in [0.25, 0.3) is 0 Å². The zero-order chi connectivity index (χ0) is 11.4. The minimum atomic E-state index is 0.348. The molecule has 0 saturated heterocycles. The Hall–Kier alpha value is -1.25. The molecule has 86 valence electrons. The Labute approximate surface area is 96.8 Å². The molecule has 2 rings (SSSR count). The zero-order valence-electron chi connectivity index (χ0n) is 9.87. The van der Waals surface area contributed by atoms with Crippen LogP contribution in [0.4, 0.5) is 0 Å². The van der Waals surface area contributed by atoms with Crippen LogP contribution in [-0.2, 0) is 12.8 Å². The fourth-order valence-corrected chi connectivity index (χ4v) is 2.29. The van der Waals surface area contributed by atoms with Gasteiger partial charge in [-0.15, -0.1) is 0 Å². The van der Waals surface area contributed by atoms with Gasteiger partial charge in [0.1, 0.15) is 0 Å². The summed E-state index contributed by atoms with van der Waals surface area (Å²) in [5.41, 5.74) is 3.51. The summed E-state index contributed by atoms with van der Waals surface area (Å²) in [6.45, 7) is 2.15. The second-order valence-corrected chi connectivity index (χ2v) is 4.73. The van der Waals surface area contributed by atoms with Crippen LogP contribution in [-0.4, -0.2) is 15.9 Å². The van der Waals surface area contributed by atoms with E-state index in [9.17, 15) is 0 Å². The fourth-order valence-electron chi connectivity index (χ4n) is 2.29.